The number of hydrogen-bond donors (Lipinski definition) is 1. The third-order valence-electron chi connectivity index (χ3n) is 5.44. The summed E-state index contributed by atoms with van der Waals surface area (Å²) in [5, 5.41) is 2.84. The van der Waals surface area contributed by atoms with E-state index in [2.05, 4.69) is 10.2 Å². The Morgan fingerprint density at radius 2 is 1.93 bits per heavy atom. The van der Waals surface area contributed by atoms with E-state index in [-0.39, 0.29) is 24.5 Å². The molecule has 8 heteroatoms. The summed E-state index contributed by atoms with van der Waals surface area (Å²) in [7, 11) is 1.61. The lowest BCUT2D eigenvalue weighted by Crippen LogP contribution is -2.41. The minimum Gasteiger partial charge on any atom is -0.378 e. The largest absolute Gasteiger partial charge is 0.378 e. The highest BCUT2D eigenvalue weighted by Crippen LogP contribution is 2.19. The summed E-state index contributed by atoms with van der Waals surface area (Å²) in [5.41, 5.74) is 1.81. The Morgan fingerprint density at radius 1 is 1.20 bits per heavy atom. The second-order valence-corrected chi connectivity index (χ2v) is 7.85. The first-order valence-electron chi connectivity index (χ1n) is 10.7. The molecule has 2 aliphatic heterocycles. The van der Waals surface area contributed by atoms with E-state index >= 15 is 0 Å². The summed E-state index contributed by atoms with van der Waals surface area (Å²) < 4.78 is 16.7. The maximum Gasteiger partial charge on any atom is 0.251 e. The van der Waals surface area contributed by atoms with Gasteiger partial charge in [0.2, 0.25) is 5.91 Å². The summed E-state index contributed by atoms with van der Waals surface area (Å²) in [6.45, 7) is 6.04. The molecular formula is C22H33N3O5. The van der Waals surface area contributed by atoms with Crippen LogP contribution in [0.5, 0.6) is 0 Å². The van der Waals surface area contributed by atoms with E-state index in [1.807, 2.05) is 24.3 Å². The number of likely N-dealkylation sites (N-methyl/N-ethyl adjacent to an activating group) is 1. The molecule has 0 aliphatic carbocycles. The fourth-order valence-electron chi connectivity index (χ4n) is 3.64. The number of benzene rings is 1. The van der Waals surface area contributed by atoms with E-state index in [1.165, 1.54) is 4.90 Å². The average molecular weight is 420 g/mol. The third-order valence-corrected chi connectivity index (χ3v) is 5.44. The van der Waals surface area contributed by atoms with Crippen molar-refractivity contribution in [2.24, 2.45) is 0 Å². The molecule has 30 heavy (non-hydrogen) atoms. The van der Waals surface area contributed by atoms with Crippen LogP contribution in [0, 0.1) is 0 Å². The monoisotopic (exact) mass is 419 g/mol. The van der Waals surface area contributed by atoms with Crippen molar-refractivity contribution in [3.05, 3.63) is 24.3 Å². The fraction of sp³-hybridized carbons (Fsp3) is 0.636. The van der Waals surface area contributed by atoms with Gasteiger partial charge in [0.15, 0.2) is 0 Å². The van der Waals surface area contributed by atoms with Gasteiger partial charge < -0.3 is 29.3 Å². The van der Waals surface area contributed by atoms with E-state index in [0.717, 1.165) is 57.9 Å². The van der Waals surface area contributed by atoms with Crippen LogP contribution in [-0.4, -0.2) is 82.0 Å². The third kappa shape index (κ3) is 6.68. The van der Waals surface area contributed by atoms with Gasteiger partial charge in [0.25, 0.3) is 5.91 Å². The van der Waals surface area contributed by atoms with Gasteiger partial charge in [-0.15, -0.1) is 0 Å². The zero-order valence-corrected chi connectivity index (χ0v) is 18.0. The Hall–Kier alpha value is -2.16. The van der Waals surface area contributed by atoms with Crippen LogP contribution in [0.15, 0.2) is 24.3 Å². The van der Waals surface area contributed by atoms with E-state index in [4.69, 9.17) is 14.2 Å². The Kier molecular flexibility index (Phi) is 8.48. The number of carbonyl (C=O) groups is 2. The molecule has 2 amide bonds. The molecule has 1 aromatic rings. The van der Waals surface area contributed by atoms with Crippen LogP contribution in [0.4, 0.5) is 11.4 Å². The maximum atomic E-state index is 12.5. The lowest BCUT2D eigenvalue weighted by Gasteiger charge is -2.29. The quantitative estimate of drug-likeness (QED) is 0.693. The van der Waals surface area contributed by atoms with E-state index in [9.17, 15) is 9.59 Å². The highest BCUT2D eigenvalue weighted by atomic mass is 16.5. The number of rotatable bonds is 8. The van der Waals surface area contributed by atoms with Crippen LogP contribution in [-0.2, 0) is 23.8 Å². The van der Waals surface area contributed by atoms with Crippen LogP contribution in [0.3, 0.4) is 0 Å². The van der Waals surface area contributed by atoms with Gasteiger partial charge >= 0.3 is 0 Å². The Bertz CT molecular complexity index is 685. The van der Waals surface area contributed by atoms with E-state index in [0.29, 0.717) is 12.3 Å². The molecule has 3 rings (SSSR count). The number of carbonyl (C=O) groups excluding carboxylic acids is 2. The van der Waals surface area contributed by atoms with Crippen molar-refractivity contribution in [1.82, 2.24) is 4.90 Å². The topological polar surface area (TPSA) is 80.3 Å². The summed E-state index contributed by atoms with van der Waals surface area (Å²) in [6.07, 6.45) is 2.62. The Morgan fingerprint density at radius 3 is 2.60 bits per heavy atom. The molecule has 8 nitrogen and oxygen atoms in total. The van der Waals surface area contributed by atoms with Gasteiger partial charge in [-0.3, -0.25) is 9.59 Å². The molecule has 2 saturated heterocycles. The van der Waals surface area contributed by atoms with Crippen molar-refractivity contribution in [1.29, 1.82) is 0 Å². The second kappa shape index (κ2) is 11.3. The molecule has 2 aliphatic rings. The average Bonchev–Trinajstić information content (AvgIpc) is 2.78. The number of morpholine rings is 1. The lowest BCUT2D eigenvalue weighted by molar-refractivity contribution is -0.146. The van der Waals surface area contributed by atoms with Gasteiger partial charge in [0.05, 0.1) is 32.5 Å². The van der Waals surface area contributed by atoms with Gasteiger partial charge in [-0.2, -0.15) is 0 Å². The van der Waals surface area contributed by atoms with E-state index in [1.54, 1.807) is 14.0 Å². The first-order valence-corrected chi connectivity index (χ1v) is 10.7. The Labute approximate surface area is 178 Å². The molecular weight excluding hydrogens is 386 g/mol. The summed E-state index contributed by atoms with van der Waals surface area (Å²) in [4.78, 5) is 28.5. The molecule has 0 radical (unpaired) electrons. The molecule has 2 atom stereocenters. The predicted octanol–water partition coefficient (Wildman–Crippen LogP) is 1.89. The fourth-order valence-corrected chi connectivity index (χ4v) is 3.64. The molecule has 0 bridgehead atoms. The molecule has 166 valence electrons. The molecule has 2 unspecified atom stereocenters. The Balaban J connectivity index is 1.41. The second-order valence-electron chi connectivity index (χ2n) is 7.85. The number of amides is 2. The number of nitrogens with one attached hydrogen (secondary N) is 1. The predicted molar refractivity (Wildman–Crippen MR) is 115 cm³/mol. The van der Waals surface area contributed by atoms with Crippen molar-refractivity contribution in [2.75, 3.05) is 63.3 Å². The maximum absolute atomic E-state index is 12.5. The molecule has 0 spiro atoms. The summed E-state index contributed by atoms with van der Waals surface area (Å²) >= 11 is 0. The smallest absolute Gasteiger partial charge is 0.251 e. The molecule has 1 aromatic carbocycles. The number of ether oxygens (including phenoxy) is 3. The number of anilines is 2. The van der Waals surface area contributed by atoms with Crippen LogP contribution in [0.2, 0.25) is 0 Å². The van der Waals surface area contributed by atoms with Gasteiger partial charge in [0.1, 0.15) is 6.10 Å². The SMILES string of the molecule is CC(OCC1CCCCO1)C(=O)N(C)CC(=O)Nc1ccc(N2CCOCC2)cc1. The van der Waals surface area contributed by atoms with Gasteiger partial charge in [-0.25, -0.2) is 0 Å². The first-order chi connectivity index (χ1) is 14.5. The zero-order valence-electron chi connectivity index (χ0n) is 18.0. The zero-order chi connectivity index (χ0) is 21.3. The van der Waals surface area contributed by atoms with Crippen molar-refractivity contribution >= 4 is 23.2 Å². The van der Waals surface area contributed by atoms with Crippen LogP contribution >= 0.6 is 0 Å². The molecule has 1 N–H and O–H groups in total. The van der Waals surface area contributed by atoms with Crippen molar-refractivity contribution < 1.29 is 23.8 Å². The van der Waals surface area contributed by atoms with Gasteiger partial charge in [0, 0.05) is 38.1 Å². The van der Waals surface area contributed by atoms with Gasteiger partial charge in [-0.05, 0) is 50.5 Å². The standard InChI is InChI=1S/C22H33N3O5/c1-17(30-16-20-5-3-4-12-29-20)22(27)24(2)15-21(26)23-18-6-8-19(9-7-18)25-10-13-28-14-11-25/h6-9,17,20H,3-5,10-16H2,1-2H3,(H,23,26). The minimum atomic E-state index is -0.610. The molecule has 2 fully saturated rings. The van der Waals surface area contributed by atoms with Crippen LogP contribution in [0.25, 0.3) is 0 Å². The van der Waals surface area contributed by atoms with Crippen molar-refractivity contribution in [2.45, 2.75) is 38.4 Å². The number of hydrogen-bond acceptors (Lipinski definition) is 6. The van der Waals surface area contributed by atoms with Crippen LogP contribution in [0.1, 0.15) is 26.2 Å². The van der Waals surface area contributed by atoms with Gasteiger partial charge in [-0.1, -0.05) is 0 Å². The molecule has 0 aromatic heterocycles. The lowest BCUT2D eigenvalue weighted by atomic mass is 10.1. The normalized spacial score (nSPS) is 20.5. The molecule has 2 heterocycles. The van der Waals surface area contributed by atoms with E-state index < -0.39 is 6.10 Å². The van der Waals surface area contributed by atoms with Crippen LogP contribution < -0.4 is 10.2 Å². The summed E-state index contributed by atoms with van der Waals surface area (Å²) in [5.74, 6) is -0.462. The highest BCUT2D eigenvalue weighted by Gasteiger charge is 2.22. The van der Waals surface area contributed by atoms with Crippen molar-refractivity contribution in [3.8, 4) is 0 Å². The first kappa shape index (κ1) is 22.5. The van der Waals surface area contributed by atoms with Crippen molar-refractivity contribution in [3.63, 3.8) is 0 Å². The number of nitrogens with zero attached hydrogens (tertiary/aromatic N) is 2. The highest BCUT2D eigenvalue weighted by molar-refractivity contribution is 5.95. The minimum absolute atomic E-state index is 0.0301. The summed E-state index contributed by atoms with van der Waals surface area (Å²) in [6, 6.07) is 7.72. The molecule has 0 saturated carbocycles.